The second kappa shape index (κ2) is 4.11. The maximum absolute atomic E-state index is 11.1. The van der Waals surface area contributed by atoms with Crippen LogP contribution in [0.2, 0.25) is 0 Å². The number of carbonyl (C=O) groups is 2. The Labute approximate surface area is 77.2 Å². The highest BCUT2D eigenvalue weighted by atomic mass is 16.2. The third-order valence-corrected chi connectivity index (χ3v) is 2.29. The first kappa shape index (κ1) is 9.83. The van der Waals surface area contributed by atoms with Crippen LogP contribution in [0.3, 0.4) is 0 Å². The van der Waals surface area contributed by atoms with Crippen molar-refractivity contribution < 1.29 is 9.59 Å². The molecule has 1 saturated carbocycles. The van der Waals surface area contributed by atoms with Gasteiger partial charge in [-0.05, 0) is 18.8 Å². The molecule has 5 heteroatoms. The molecule has 0 aromatic rings. The van der Waals surface area contributed by atoms with Gasteiger partial charge in [-0.3, -0.25) is 10.2 Å². The zero-order valence-electron chi connectivity index (χ0n) is 7.89. The maximum Gasteiger partial charge on any atom is 0.333 e. The van der Waals surface area contributed by atoms with Gasteiger partial charge >= 0.3 is 6.03 Å². The summed E-state index contributed by atoms with van der Waals surface area (Å²) in [4.78, 5) is 21.5. The summed E-state index contributed by atoms with van der Waals surface area (Å²) in [7, 11) is 0. The smallest absolute Gasteiger partial charge is 0.333 e. The number of carbonyl (C=O) groups excluding carboxylic acids is 2. The van der Waals surface area contributed by atoms with Crippen molar-refractivity contribution in [2.24, 2.45) is 5.92 Å². The van der Waals surface area contributed by atoms with Crippen LogP contribution in [0, 0.1) is 5.92 Å². The number of hydrogen-bond acceptors (Lipinski definition) is 2. The van der Waals surface area contributed by atoms with Crippen LogP contribution in [-0.2, 0) is 4.79 Å². The van der Waals surface area contributed by atoms with Crippen LogP contribution in [0.1, 0.15) is 26.7 Å². The lowest BCUT2D eigenvalue weighted by Crippen LogP contribution is -2.53. The van der Waals surface area contributed by atoms with E-state index >= 15 is 0 Å². The van der Waals surface area contributed by atoms with Gasteiger partial charge < -0.3 is 5.32 Å². The predicted molar refractivity (Wildman–Crippen MR) is 47.7 cm³/mol. The molecule has 0 aromatic carbocycles. The second-order valence-electron chi connectivity index (χ2n) is 3.44. The van der Waals surface area contributed by atoms with E-state index in [0.29, 0.717) is 5.92 Å². The number of hydrogen-bond donors (Lipinski definition) is 3. The normalized spacial score (nSPS) is 25.7. The van der Waals surface area contributed by atoms with E-state index in [9.17, 15) is 9.59 Å². The van der Waals surface area contributed by atoms with Crippen molar-refractivity contribution >= 4 is 11.9 Å². The summed E-state index contributed by atoms with van der Waals surface area (Å²) < 4.78 is 0. The number of urea groups is 1. The maximum atomic E-state index is 11.1. The van der Waals surface area contributed by atoms with Gasteiger partial charge in [0.1, 0.15) is 0 Å². The van der Waals surface area contributed by atoms with Crippen LogP contribution < -0.4 is 16.2 Å². The fourth-order valence-corrected chi connectivity index (χ4v) is 1.23. The van der Waals surface area contributed by atoms with E-state index in [-0.39, 0.29) is 18.0 Å². The summed E-state index contributed by atoms with van der Waals surface area (Å²) >= 11 is 0. The summed E-state index contributed by atoms with van der Waals surface area (Å²) in [5.74, 6) is 0.264. The summed E-state index contributed by atoms with van der Waals surface area (Å²) in [6, 6.07) is -0.0829. The molecule has 13 heavy (non-hydrogen) atoms. The Bertz CT molecular complexity index is 217. The van der Waals surface area contributed by atoms with Crippen LogP contribution in [-0.4, -0.2) is 18.0 Å². The number of nitrogens with one attached hydrogen (secondary N) is 3. The van der Waals surface area contributed by atoms with Crippen molar-refractivity contribution in [2.45, 2.75) is 32.7 Å². The highest BCUT2D eigenvalue weighted by Gasteiger charge is 2.27. The summed E-state index contributed by atoms with van der Waals surface area (Å²) in [6.07, 6.45) is 2.18. The fraction of sp³-hybridized carbons (Fsp3) is 0.750. The van der Waals surface area contributed by atoms with Crippen molar-refractivity contribution in [3.8, 4) is 0 Å². The van der Waals surface area contributed by atoms with Gasteiger partial charge in [-0.25, -0.2) is 10.2 Å². The molecule has 0 bridgehead atoms. The highest BCUT2D eigenvalue weighted by molar-refractivity contribution is 5.79. The summed E-state index contributed by atoms with van der Waals surface area (Å²) in [6.45, 7) is 3.43. The van der Waals surface area contributed by atoms with E-state index in [0.717, 1.165) is 12.8 Å². The molecule has 74 valence electrons. The number of amides is 3. The Morgan fingerprint density at radius 2 is 1.92 bits per heavy atom. The van der Waals surface area contributed by atoms with Gasteiger partial charge in [-0.15, -0.1) is 0 Å². The van der Waals surface area contributed by atoms with Crippen LogP contribution in [0.25, 0.3) is 0 Å². The molecular formula is C8H15N3O2. The van der Waals surface area contributed by atoms with Crippen molar-refractivity contribution in [2.75, 3.05) is 0 Å². The molecule has 3 amide bonds. The molecule has 1 rings (SSSR count). The standard InChI is InChI=1S/C8H15N3O2/c1-5-3-4-7(5)9-8(13)11-10-6(2)12/h5,7H,3-4H2,1-2H3,(H,10,12)(H2,9,11,13). The molecule has 1 aliphatic carbocycles. The van der Waals surface area contributed by atoms with Crippen molar-refractivity contribution in [1.82, 2.24) is 16.2 Å². The molecule has 0 aromatic heterocycles. The van der Waals surface area contributed by atoms with Gasteiger partial charge in [0.15, 0.2) is 0 Å². The van der Waals surface area contributed by atoms with Crippen LogP contribution in [0.4, 0.5) is 4.79 Å². The topological polar surface area (TPSA) is 70.2 Å². The van der Waals surface area contributed by atoms with E-state index in [4.69, 9.17) is 0 Å². The van der Waals surface area contributed by atoms with Gasteiger partial charge in [0.05, 0.1) is 0 Å². The average molecular weight is 185 g/mol. The van der Waals surface area contributed by atoms with E-state index in [1.807, 2.05) is 0 Å². The quantitative estimate of drug-likeness (QED) is 0.508. The number of rotatable bonds is 1. The molecule has 0 spiro atoms. The molecule has 0 heterocycles. The molecule has 1 fully saturated rings. The van der Waals surface area contributed by atoms with Crippen LogP contribution >= 0.6 is 0 Å². The van der Waals surface area contributed by atoms with Gasteiger partial charge in [0.2, 0.25) is 5.91 Å². The molecule has 1 aliphatic rings. The lowest BCUT2D eigenvalue weighted by atomic mass is 9.81. The van der Waals surface area contributed by atoms with Gasteiger partial charge in [-0.1, -0.05) is 6.92 Å². The summed E-state index contributed by atoms with van der Waals surface area (Å²) in [5, 5.41) is 2.76. The zero-order valence-corrected chi connectivity index (χ0v) is 7.89. The minimum Gasteiger partial charge on any atom is -0.334 e. The molecule has 2 unspecified atom stereocenters. The Balaban J connectivity index is 2.14. The minimum atomic E-state index is -0.341. The Morgan fingerprint density at radius 3 is 2.31 bits per heavy atom. The van der Waals surface area contributed by atoms with E-state index in [1.54, 1.807) is 0 Å². The first-order valence-electron chi connectivity index (χ1n) is 4.42. The third-order valence-electron chi connectivity index (χ3n) is 2.29. The number of hydrazine groups is 1. The second-order valence-corrected chi connectivity index (χ2v) is 3.44. The average Bonchev–Trinajstić information content (AvgIpc) is 2.08. The Kier molecular flexibility index (Phi) is 3.11. The Morgan fingerprint density at radius 1 is 1.23 bits per heavy atom. The highest BCUT2D eigenvalue weighted by Crippen LogP contribution is 2.25. The van der Waals surface area contributed by atoms with E-state index in [2.05, 4.69) is 23.1 Å². The third kappa shape index (κ3) is 2.93. The fourth-order valence-electron chi connectivity index (χ4n) is 1.23. The zero-order chi connectivity index (χ0) is 9.84. The lowest BCUT2D eigenvalue weighted by Gasteiger charge is -2.34. The van der Waals surface area contributed by atoms with Gasteiger partial charge in [0.25, 0.3) is 0 Å². The SMILES string of the molecule is CC(=O)NNC(=O)NC1CCC1C. The lowest BCUT2D eigenvalue weighted by molar-refractivity contribution is -0.119. The largest absolute Gasteiger partial charge is 0.334 e. The molecular weight excluding hydrogens is 170 g/mol. The van der Waals surface area contributed by atoms with E-state index in [1.165, 1.54) is 6.92 Å². The molecule has 2 atom stereocenters. The minimum absolute atomic E-state index is 0.258. The predicted octanol–water partition coefficient (Wildman–Crippen LogP) is 0.135. The molecule has 5 nitrogen and oxygen atoms in total. The first-order chi connectivity index (χ1) is 6.09. The van der Waals surface area contributed by atoms with Crippen LogP contribution in [0.15, 0.2) is 0 Å². The molecule has 0 aliphatic heterocycles. The van der Waals surface area contributed by atoms with Crippen molar-refractivity contribution in [1.29, 1.82) is 0 Å². The molecule has 3 N–H and O–H groups in total. The van der Waals surface area contributed by atoms with Crippen molar-refractivity contribution in [3.63, 3.8) is 0 Å². The monoisotopic (exact) mass is 185 g/mol. The first-order valence-corrected chi connectivity index (χ1v) is 4.42. The van der Waals surface area contributed by atoms with Crippen LogP contribution in [0.5, 0.6) is 0 Å². The molecule has 0 radical (unpaired) electrons. The Hall–Kier alpha value is -1.26. The van der Waals surface area contributed by atoms with Crippen molar-refractivity contribution in [3.05, 3.63) is 0 Å². The van der Waals surface area contributed by atoms with Gasteiger partial charge in [0, 0.05) is 13.0 Å². The molecule has 0 saturated heterocycles. The summed E-state index contributed by atoms with van der Waals surface area (Å²) in [5.41, 5.74) is 4.46. The van der Waals surface area contributed by atoms with E-state index < -0.39 is 0 Å². The van der Waals surface area contributed by atoms with Gasteiger partial charge in [-0.2, -0.15) is 0 Å².